The number of carbonyl (C=O) groups excluding carboxylic acids is 1. The van der Waals surface area contributed by atoms with Gasteiger partial charge in [-0.15, -0.1) is 5.10 Å². The Bertz CT molecular complexity index is 1630. The van der Waals surface area contributed by atoms with Gasteiger partial charge in [0.25, 0.3) is 5.91 Å². The average molecular weight is 653 g/mol. The van der Waals surface area contributed by atoms with E-state index in [0.717, 1.165) is 33.5 Å². The van der Waals surface area contributed by atoms with E-state index < -0.39 is 0 Å². The number of aromatic nitrogens is 6. The Labute approximate surface area is 240 Å². The number of hydrogen-bond donors (Lipinski definition) is 1. The zero-order chi connectivity index (χ0) is 26.9. The van der Waals surface area contributed by atoms with Gasteiger partial charge >= 0.3 is 0 Å². The van der Waals surface area contributed by atoms with E-state index in [-0.39, 0.29) is 11.8 Å². The summed E-state index contributed by atoms with van der Waals surface area (Å²) >= 11 is 7.05. The van der Waals surface area contributed by atoms with E-state index in [9.17, 15) is 4.79 Å². The predicted molar refractivity (Wildman–Crippen MR) is 150 cm³/mol. The van der Waals surface area contributed by atoms with Crippen LogP contribution in [0.4, 0.5) is 0 Å². The molecule has 5 aromatic rings. The van der Waals surface area contributed by atoms with Crippen LogP contribution in [-0.4, -0.2) is 61.2 Å². The number of oxazole rings is 1. The number of aromatic amines is 1. The number of halogens is 2. The molecule has 0 aliphatic carbocycles. The van der Waals surface area contributed by atoms with Crippen molar-refractivity contribution in [2.45, 2.75) is 18.9 Å². The zero-order valence-corrected chi connectivity index (χ0v) is 24.0. The van der Waals surface area contributed by atoms with Gasteiger partial charge in [-0.05, 0) is 58.7 Å². The minimum atomic E-state index is -0.108. The van der Waals surface area contributed by atoms with Crippen molar-refractivity contribution in [3.8, 4) is 28.3 Å². The largest absolute Gasteiger partial charge is 0.497 e. The first-order valence-electron chi connectivity index (χ1n) is 12.3. The molecule has 10 nitrogen and oxygen atoms in total. The van der Waals surface area contributed by atoms with E-state index in [4.69, 9.17) is 9.15 Å². The smallest absolute Gasteiger partial charge is 0.273 e. The van der Waals surface area contributed by atoms with E-state index in [1.54, 1.807) is 18.0 Å². The first-order chi connectivity index (χ1) is 19.0. The van der Waals surface area contributed by atoms with Crippen LogP contribution in [0.2, 0.25) is 0 Å². The van der Waals surface area contributed by atoms with E-state index >= 15 is 0 Å². The molecule has 0 spiro atoms. The highest BCUT2D eigenvalue weighted by Crippen LogP contribution is 2.33. The van der Waals surface area contributed by atoms with Crippen LogP contribution in [0.1, 0.15) is 34.4 Å². The second-order valence-electron chi connectivity index (χ2n) is 9.20. The summed E-state index contributed by atoms with van der Waals surface area (Å²) in [6.07, 6.45) is 4.41. The van der Waals surface area contributed by atoms with Crippen LogP contribution in [0, 0.1) is 0 Å². The Morgan fingerprint density at radius 3 is 2.82 bits per heavy atom. The number of ether oxygens (including phenoxy) is 1. The molecule has 1 unspecified atom stereocenters. The van der Waals surface area contributed by atoms with Gasteiger partial charge in [0.05, 0.1) is 23.5 Å². The maximum Gasteiger partial charge on any atom is 0.273 e. The van der Waals surface area contributed by atoms with Gasteiger partial charge in [0.2, 0.25) is 5.89 Å². The molecule has 0 radical (unpaired) electrons. The molecule has 0 bridgehead atoms. The van der Waals surface area contributed by atoms with Gasteiger partial charge in [0.1, 0.15) is 23.7 Å². The third kappa shape index (κ3) is 5.26. The summed E-state index contributed by atoms with van der Waals surface area (Å²) in [5.41, 5.74) is 3.76. The van der Waals surface area contributed by atoms with Crippen LogP contribution in [0.3, 0.4) is 0 Å². The van der Waals surface area contributed by atoms with Gasteiger partial charge < -0.3 is 14.1 Å². The van der Waals surface area contributed by atoms with Gasteiger partial charge in [0, 0.05) is 40.8 Å². The fraction of sp³-hybridized carbons (Fsp3) is 0.222. The van der Waals surface area contributed by atoms with Crippen LogP contribution in [0.5, 0.6) is 5.75 Å². The number of carbonyl (C=O) groups is 1. The molecule has 2 aromatic carbocycles. The number of likely N-dealkylation sites (tertiary alicyclic amines) is 1. The Morgan fingerprint density at radius 1 is 1.18 bits per heavy atom. The summed E-state index contributed by atoms with van der Waals surface area (Å²) in [7, 11) is 1.62. The molecule has 1 aliphatic rings. The van der Waals surface area contributed by atoms with Crippen molar-refractivity contribution in [3.63, 3.8) is 0 Å². The topological polar surface area (TPSA) is 115 Å². The zero-order valence-electron chi connectivity index (χ0n) is 20.8. The van der Waals surface area contributed by atoms with Crippen LogP contribution in [0.25, 0.3) is 22.6 Å². The third-order valence-electron chi connectivity index (χ3n) is 6.69. The van der Waals surface area contributed by atoms with E-state index in [1.165, 1.54) is 0 Å². The molecule has 1 fully saturated rings. The molecule has 1 atom stereocenters. The van der Waals surface area contributed by atoms with Crippen LogP contribution in [0.15, 0.2) is 74.3 Å². The number of H-pyrrole nitrogens is 1. The van der Waals surface area contributed by atoms with Gasteiger partial charge in [-0.3, -0.25) is 9.89 Å². The number of methoxy groups -OCH3 is 1. The number of nitrogens with zero attached hydrogens (tertiary/aromatic N) is 6. The number of nitrogens with one attached hydrogen (secondary N) is 1. The maximum absolute atomic E-state index is 13.3. The molecule has 1 saturated heterocycles. The summed E-state index contributed by atoms with van der Waals surface area (Å²) in [6.45, 7) is 1.54. The van der Waals surface area contributed by atoms with Crippen LogP contribution >= 0.6 is 31.9 Å². The molecular weight excluding hydrogens is 630 g/mol. The molecule has 6 rings (SSSR count). The molecule has 1 amide bonds. The predicted octanol–water partition coefficient (Wildman–Crippen LogP) is 5.53. The molecule has 3 aromatic heterocycles. The first kappa shape index (κ1) is 25.5. The lowest BCUT2D eigenvalue weighted by molar-refractivity contribution is 0.0784. The average Bonchev–Trinajstić information content (AvgIpc) is 3.76. The number of benzene rings is 2. The third-order valence-corrected chi connectivity index (χ3v) is 7.96. The number of hydrogen-bond acceptors (Lipinski definition) is 7. The summed E-state index contributed by atoms with van der Waals surface area (Å²) < 4.78 is 14.5. The number of rotatable bonds is 7. The lowest BCUT2D eigenvalue weighted by Gasteiger charge is -2.15. The minimum absolute atomic E-state index is 0.0900. The van der Waals surface area contributed by atoms with Crippen LogP contribution in [-0.2, 0) is 6.54 Å². The number of amides is 1. The highest BCUT2D eigenvalue weighted by Gasteiger charge is 2.32. The highest BCUT2D eigenvalue weighted by atomic mass is 79.9. The van der Waals surface area contributed by atoms with E-state index in [2.05, 4.69) is 57.4 Å². The molecule has 39 heavy (non-hydrogen) atoms. The SMILES string of the molecule is COc1ccc(-c2n[nH]c(C(=O)N3CCC(c4cn(Cc5ncc(-c6cccc(Br)c6)o5)nn4)C3)c2Br)cc1. The highest BCUT2D eigenvalue weighted by molar-refractivity contribution is 9.11. The minimum Gasteiger partial charge on any atom is -0.497 e. The molecular formula is C27H23Br2N7O3. The maximum atomic E-state index is 13.3. The van der Waals surface area contributed by atoms with Gasteiger partial charge in [0.15, 0.2) is 5.76 Å². The lowest BCUT2D eigenvalue weighted by atomic mass is 10.1. The molecule has 12 heteroatoms. The Morgan fingerprint density at radius 2 is 2.03 bits per heavy atom. The Kier molecular flexibility index (Phi) is 7.05. The molecule has 1 aliphatic heterocycles. The molecule has 0 saturated carbocycles. The van der Waals surface area contributed by atoms with E-state index in [0.29, 0.717) is 47.1 Å². The van der Waals surface area contributed by atoms with Crippen molar-refractivity contribution < 1.29 is 13.9 Å². The molecule has 198 valence electrons. The summed E-state index contributed by atoms with van der Waals surface area (Å²) in [4.78, 5) is 19.5. The van der Waals surface area contributed by atoms with Crippen LogP contribution < -0.4 is 4.74 Å². The van der Waals surface area contributed by atoms with Crippen molar-refractivity contribution >= 4 is 37.8 Å². The van der Waals surface area contributed by atoms with Crippen molar-refractivity contribution in [3.05, 3.63) is 87.1 Å². The van der Waals surface area contributed by atoms with Gasteiger partial charge in [-0.1, -0.05) is 33.3 Å². The monoisotopic (exact) mass is 651 g/mol. The van der Waals surface area contributed by atoms with Crippen molar-refractivity contribution in [1.82, 2.24) is 35.1 Å². The van der Waals surface area contributed by atoms with Crippen molar-refractivity contribution in [2.24, 2.45) is 0 Å². The standard InChI is InChI=1S/C27H23Br2N7O3/c1-38-20-7-5-16(6-8-20)25-24(29)26(33-32-25)27(37)35-10-9-18(13-35)21-14-36(34-31-21)15-23-30-12-22(39-23)17-3-2-4-19(28)11-17/h2-8,11-12,14,18H,9-10,13,15H2,1H3,(H,32,33). The van der Waals surface area contributed by atoms with Gasteiger partial charge in [-0.2, -0.15) is 5.10 Å². The fourth-order valence-electron chi connectivity index (χ4n) is 4.63. The van der Waals surface area contributed by atoms with E-state index in [1.807, 2.05) is 59.6 Å². The van der Waals surface area contributed by atoms with Crippen molar-refractivity contribution in [2.75, 3.05) is 20.2 Å². The summed E-state index contributed by atoms with van der Waals surface area (Å²) in [6, 6.07) is 15.4. The second kappa shape index (κ2) is 10.8. The summed E-state index contributed by atoms with van der Waals surface area (Å²) in [5, 5.41) is 15.9. The first-order valence-corrected chi connectivity index (χ1v) is 13.9. The molecule has 1 N–H and O–H groups in total. The van der Waals surface area contributed by atoms with Crippen molar-refractivity contribution in [1.29, 1.82) is 0 Å². The Balaban J connectivity index is 1.10. The summed E-state index contributed by atoms with van der Waals surface area (Å²) in [5.74, 6) is 1.97. The Hall–Kier alpha value is -3.77. The fourth-order valence-corrected chi connectivity index (χ4v) is 5.60. The quantitative estimate of drug-likeness (QED) is 0.246. The van der Waals surface area contributed by atoms with Gasteiger partial charge in [-0.25, -0.2) is 9.67 Å². The second-order valence-corrected chi connectivity index (χ2v) is 10.9. The molecule has 4 heterocycles. The lowest BCUT2D eigenvalue weighted by Crippen LogP contribution is -2.29. The normalized spacial score (nSPS) is 15.2.